The van der Waals surface area contributed by atoms with E-state index in [2.05, 4.69) is 6.08 Å². The van der Waals surface area contributed by atoms with Crippen LogP contribution >= 0.6 is 11.8 Å². The average molecular weight is 373 g/mol. The van der Waals surface area contributed by atoms with Gasteiger partial charge < -0.3 is 4.74 Å². The van der Waals surface area contributed by atoms with Crippen molar-refractivity contribution in [2.75, 3.05) is 6.67 Å². The fourth-order valence-electron chi connectivity index (χ4n) is 2.41. The van der Waals surface area contributed by atoms with Gasteiger partial charge in [0.05, 0.1) is 10.8 Å². The SMILES string of the molecule is CC(C)=CC[C@@H](Sc1ccc(C)cc1)[C@H](CF)OC(=O)c1ccccc1. The largest absolute Gasteiger partial charge is 0.455 e. The molecule has 2 aromatic carbocycles. The van der Waals surface area contributed by atoms with Gasteiger partial charge in [-0.05, 0) is 51.5 Å². The summed E-state index contributed by atoms with van der Waals surface area (Å²) in [7, 11) is 0. The van der Waals surface area contributed by atoms with Gasteiger partial charge in [0.2, 0.25) is 0 Å². The van der Waals surface area contributed by atoms with Crippen LogP contribution in [-0.2, 0) is 4.74 Å². The molecule has 0 aliphatic heterocycles. The van der Waals surface area contributed by atoms with Crippen molar-refractivity contribution in [3.63, 3.8) is 0 Å². The summed E-state index contributed by atoms with van der Waals surface area (Å²) in [6.07, 6.45) is 1.90. The minimum atomic E-state index is -0.801. The number of carbonyl (C=O) groups is 1. The third-order valence-corrected chi connectivity index (χ3v) is 5.24. The lowest BCUT2D eigenvalue weighted by atomic mass is 10.1. The summed E-state index contributed by atoms with van der Waals surface area (Å²) in [5.41, 5.74) is 2.77. The average Bonchev–Trinajstić information content (AvgIpc) is 2.65. The lowest BCUT2D eigenvalue weighted by molar-refractivity contribution is 0.0236. The zero-order valence-electron chi connectivity index (χ0n) is 15.4. The standard InChI is InChI=1S/C22H25FO2S/c1-16(2)9-14-21(26-19-12-10-17(3)11-13-19)20(15-23)25-22(24)18-7-5-4-6-8-18/h4-13,20-21H,14-15H2,1-3H3/t20-,21+/m0/s1. The molecule has 0 bridgehead atoms. The van der Waals surface area contributed by atoms with Crippen LogP contribution in [0.4, 0.5) is 4.39 Å². The highest BCUT2D eigenvalue weighted by molar-refractivity contribution is 8.00. The van der Waals surface area contributed by atoms with Gasteiger partial charge in [0.25, 0.3) is 0 Å². The molecule has 0 fully saturated rings. The number of esters is 1. The molecular formula is C22H25FO2S. The second kappa shape index (κ2) is 10.2. The fourth-order valence-corrected chi connectivity index (χ4v) is 3.52. The van der Waals surface area contributed by atoms with E-state index in [1.54, 1.807) is 36.0 Å². The van der Waals surface area contributed by atoms with Crippen LogP contribution in [0.1, 0.15) is 36.2 Å². The highest BCUT2D eigenvalue weighted by Crippen LogP contribution is 2.30. The van der Waals surface area contributed by atoms with Crippen LogP contribution < -0.4 is 0 Å². The number of ether oxygens (including phenoxy) is 1. The van der Waals surface area contributed by atoms with E-state index in [0.717, 1.165) is 10.5 Å². The van der Waals surface area contributed by atoms with E-state index in [-0.39, 0.29) is 5.25 Å². The molecule has 26 heavy (non-hydrogen) atoms. The van der Waals surface area contributed by atoms with Crippen LogP contribution in [0.5, 0.6) is 0 Å². The summed E-state index contributed by atoms with van der Waals surface area (Å²) in [4.78, 5) is 13.4. The number of aryl methyl sites for hydroxylation is 1. The molecule has 0 radical (unpaired) electrons. The minimum absolute atomic E-state index is 0.190. The molecule has 2 rings (SSSR count). The molecule has 4 heteroatoms. The van der Waals surface area contributed by atoms with Crippen LogP contribution in [0.2, 0.25) is 0 Å². The maximum atomic E-state index is 13.8. The number of carbonyl (C=O) groups excluding carboxylic acids is 1. The Kier molecular flexibility index (Phi) is 7.92. The van der Waals surface area contributed by atoms with Crippen LogP contribution in [0.25, 0.3) is 0 Å². The van der Waals surface area contributed by atoms with E-state index in [0.29, 0.717) is 12.0 Å². The number of rotatable bonds is 8. The fraction of sp³-hybridized carbons (Fsp3) is 0.318. The first-order chi connectivity index (χ1) is 12.5. The predicted molar refractivity (Wildman–Crippen MR) is 106 cm³/mol. The number of benzene rings is 2. The third kappa shape index (κ3) is 6.34. The number of halogens is 1. The summed E-state index contributed by atoms with van der Waals surface area (Å²) in [6, 6.07) is 16.8. The zero-order valence-corrected chi connectivity index (χ0v) is 16.3. The molecule has 0 amide bonds. The first-order valence-corrected chi connectivity index (χ1v) is 9.56. The van der Waals surface area contributed by atoms with E-state index >= 15 is 0 Å². The normalized spacial score (nSPS) is 12.9. The topological polar surface area (TPSA) is 26.3 Å². The summed E-state index contributed by atoms with van der Waals surface area (Å²) < 4.78 is 19.3. The lowest BCUT2D eigenvalue weighted by Gasteiger charge is -2.24. The number of hydrogen-bond donors (Lipinski definition) is 0. The number of hydrogen-bond acceptors (Lipinski definition) is 3. The first-order valence-electron chi connectivity index (χ1n) is 8.68. The van der Waals surface area contributed by atoms with E-state index < -0.39 is 18.7 Å². The molecule has 0 spiro atoms. The van der Waals surface area contributed by atoms with Gasteiger partial charge in [-0.2, -0.15) is 0 Å². The summed E-state index contributed by atoms with van der Waals surface area (Å²) in [6.45, 7) is 5.34. The van der Waals surface area contributed by atoms with E-state index in [4.69, 9.17) is 4.74 Å². The Balaban J connectivity index is 2.15. The second-order valence-corrected chi connectivity index (χ2v) is 7.76. The number of alkyl halides is 1. The molecule has 0 heterocycles. The molecular weight excluding hydrogens is 347 g/mol. The minimum Gasteiger partial charge on any atom is -0.455 e. The molecule has 0 saturated carbocycles. The second-order valence-electron chi connectivity index (χ2n) is 6.45. The third-order valence-electron chi connectivity index (χ3n) is 3.90. The van der Waals surface area contributed by atoms with Crippen molar-refractivity contribution in [3.8, 4) is 0 Å². The summed E-state index contributed by atoms with van der Waals surface area (Å²) >= 11 is 1.55. The summed E-state index contributed by atoms with van der Waals surface area (Å²) in [5.74, 6) is -0.486. The van der Waals surface area contributed by atoms with Crippen LogP contribution in [-0.4, -0.2) is 24.0 Å². The molecule has 2 nitrogen and oxygen atoms in total. The quantitative estimate of drug-likeness (QED) is 0.323. The van der Waals surface area contributed by atoms with Crippen LogP contribution in [0, 0.1) is 6.92 Å². The monoisotopic (exact) mass is 372 g/mol. The van der Waals surface area contributed by atoms with Crippen molar-refractivity contribution in [1.82, 2.24) is 0 Å². The Morgan fingerprint density at radius 3 is 2.35 bits per heavy atom. The Morgan fingerprint density at radius 1 is 1.12 bits per heavy atom. The first kappa shape index (κ1) is 20.2. The zero-order chi connectivity index (χ0) is 18.9. The molecule has 0 unspecified atom stereocenters. The maximum absolute atomic E-state index is 13.8. The summed E-state index contributed by atoms with van der Waals surface area (Å²) in [5, 5.41) is -0.190. The highest BCUT2D eigenvalue weighted by atomic mass is 32.2. The van der Waals surface area contributed by atoms with Gasteiger partial charge in [0.1, 0.15) is 12.8 Å². The molecule has 0 aliphatic rings. The van der Waals surface area contributed by atoms with E-state index in [9.17, 15) is 9.18 Å². The van der Waals surface area contributed by atoms with Gasteiger partial charge in [0, 0.05) is 4.90 Å². The van der Waals surface area contributed by atoms with Crippen molar-refractivity contribution < 1.29 is 13.9 Å². The molecule has 138 valence electrons. The predicted octanol–water partition coefficient (Wildman–Crippen LogP) is 6.01. The Labute approximate surface area is 159 Å². The Bertz CT molecular complexity index is 722. The highest BCUT2D eigenvalue weighted by Gasteiger charge is 2.26. The van der Waals surface area contributed by atoms with Gasteiger partial charge in [-0.1, -0.05) is 47.5 Å². The van der Waals surface area contributed by atoms with Crippen LogP contribution in [0.15, 0.2) is 71.1 Å². The molecule has 2 atom stereocenters. The van der Waals surface area contributed by atoms with E-state index in [1.165, 1.54) is 5.56 Å². The van der Waals surface area contributed by atoms with Gasteiger partial charge in [0.15, 0.2) is 0 Å². The van der Waals surface area contributed by atoms with Crippen molar-refractivity contribution >= 4 is 17.7 Å². The maximum Gasteiger partial charge on any atom is 0.338 e. The van der Waals surface area contributed by atoms with Crippen molar-refractivity contribution in [2.45, 2.75) is 43.4 Å². The molecule has 0 aromatic heterocycles. The van der Waals surface area contributed by atoms with Crippen LogP contribution in [0.3, 0.4) is 0 Å². The number of allylic oxidation sites excluding steroid dienone is 2. The van der Waals surface area contributed by atoms with Crippen molar-refractivity contribution in [3.05, 3.63) is 77.4 Å². The van der Waals surface area contributed by atoms with Crippen molar-refractivity contribution in [2.24, 2.45) is 0 Å². The number of thioether (sulfide) groups is 1. The van der Waals surface area contributed by atoms with E-state index in [1.807, 2.05) is 51.1 Å². The molecule has 0 aliphatic carbocycles. The van der Waals surface area contributed by atoms with Crippen molar-refractivity contribution in [1.29, 1.82) is 0 Å². The lowest BCUT2D eigenvalue weighted by Crippen LogP contribution is -2.31. The molecule has 0 N–H and O–H groups in total. The van der Waals surface area contributed by atoms with Gasteiger partial charge in [-0.15, -0.1) is 11.8 Å². The van der Waals surface area contributed by atoms with Gasteiger partial charge in [-0.3, -0.25) is 0 Å². The molecule has 0 saturated heterocycles. The Hall–Kier alpha value is -2.07. The Morgan fingerprint density at radius 2 is 1.77 bits per heavy atom. The van der Waals surface area contributed by atoms with Gasteiger partial charge >= 0.3 is 5.97 Å². The smallest absolute Gasteiger partial charge is 0.338 e. The molecule has 2 aromatic rings. The van der Waals surface area contributed by atoms with Gasteiger partial charge in [-0.25, -0.2) is 9.18 Å².